The van der Waals surface area contributed by atoms with Crippen molar-refractivity contribution in [2.75, 3.05) is 0 Å². The quantitative estimate of drug-likeness (QED) is 0.565. The smallest absolute Gasteiger partial charge is 0.128 e. The van der Waals surface area contributed by atoms with E-state index in [2.05, 4.69) is 62.7 Å². The highest BCUT2D eigenvalue weighted by Crippen LogP contribution is 2.27. The lowest BCUT2D eigenvalue weighted by Gasteiger charge is -2.11. The molecule has 3 rings (SSSR count). The van der Waals surface area contributed by atoms with Crippen molar-refractivity contribution in [3.8, 4) is 0 Å². The third kappa shape index (κ3) is 2.99. The second-order valence-corrected chi connectivity index (χ2v) is 6.86. The Morgan fingerprint density at radius 1 is 1.19 bits per heavy atom. The van der Waals surface area contributed by atoms with Gasteiger partial charge in [-0.1, -0.05) is 45.8 Å². The maximum atomic E-state index is 6.32. The van der Waals surface area contributed by atoms with Gasteiger partial charge in [0.2, 0.25) is 0 Å². The van der Waals surface area contributed by atoms with Crippen LogP contribution in [0.15, 0.2) is 46.9 Å². The molecule has 0 bridgehead atoms. The molecule has 0 saturated carbocycles. The fraction of sp³-hybridized carbons (Fsp3) is 0.235. The first kappa shape index (κ1) is 14.6. The van der Waals surface area contributed by atoms with Crippen LogP contribution in [-0.2, 0) is 6.54 Å². The van der Waals surface area contributed by atoms with E-state index in [0.717, 1.165) is 27.9 Å². The second kappa shape index (κ2) is 5.82. The lowest BCUT2D eigenvalue weighted by molar-refractivity contribution is 0.742. The van der Waals surface area contributed by atoms with E-state index < -0.39 is 0 Å². The molecule has 4 heteroatoms. The minimum absolute atomic E-state index is 0.123. The zero-order chi connectivity index (χ0) is 15.0. The average molecular weight is 364 g/mol. The Morgan fingerprint density at radius 3 is 2.57 bits per heavy atom. The largest absolute Gasteiger partial charge is 0.322 e. The molecule has 1 atom stereocenters. The summed E-state index contributed by atoms with van der Waals surface area (Å²) < 4.78 is 3.25. The van der Waals surface area contributed by atoms with Crippen molar-refractivity contribution < 1.29 is 0 Å². The molecule has 0 aliphatic heterocycles. The number of fused-ring (bicyclic) bond motifs is 1. The third-order valence-electron chi connectivity index (χ3n) is 3.56. The molecule has 1 aromatic heterocycles. The molecule has 108 valence electrons. The molecular formula is C17H16BrClN2. The predicted molar refractivity (Wildman–Crippen MR) is 92.0 cm³/mol. The number of hydrogen-bond acceptors (Lipinski definition) is 1. The van der Waals surface area contributed by atoms with Crippen molar-refractivity contribution in [3.63, 3.8) is 0 Å². The highest BCUT2D eigenvalue weighted by molar-refractivity contribution is 9.10. The van der Waals surface area contributed by atoms with Crippen LogP contribution >= 0.6 is 27.5 Å². The summed E-state index contributed by atoms with van der Waals surface area (Å²) in [6, 6.07) is 14.7. The number of imidazole rings is 1. The molecule has 2 aromatic carbocycles. The molecule has 0 spiro atoms. The Kier molecular flexibility index (Phi) is 4.05. The van der Waals surface area contributed by atoms with Crippen molar-refractivity contribution in [2.24, 2.45) is 0 Å². The Morgan fingerprint density at radius 2 is 1.90 bits per heavy atom. The first-order chi connectivity index (χ1) is 10.0. The standard InChI is InChI=1S/C17H16BrClN2/c1-11-3-5-13(6-4-11)10-21-16-9-14(18)7-8-15(16)20-17(21)12(2)19/h3-9,12H,10H2,1-2H3. The van der Waals surface area contributed by atoms with Gasteiger partial charge in [-0.25, -0.2) is 4.98 Å². The fourth-order valence-corrected chi connectivity index (χ4v) is 2.98. The molecule has 0 fully saturated rings. The molecule has 0 aliphatic rings. The summed E-state index contributed by atoms with van der Waals surface area (Å²) in [5.41, 5.74) is 4.60. The van der Waals surface area contributed by atoms with Crippen molar-refractivity contribution in [1.29, 1.82) is 0 Å². The number of halogens is 2. The molecule has 0 amide bonds. The number of nitrogens with zero attached hydrogens (tertiary/aromatic N) is 2. The van der Waals surface area contributed by atoms with E-state index in [1.54, 1.807) is 0 Å². The summed E-state index contributed by atoms with van der Waals surface area (Å²) in [6.07, 6.45) is 0. The zero-order valence-electron chi connectivity index (χ0n) is 12.0. The van der Waals surface area contributed by atoms with Gasteiger partial charge in [0.25, 0.3) is 0 Å². The Labute approximate surface area is 137 Å². The van der Waals surface area contributed by atoms with Crippen LogP contribution in [-0.4, -0.2) is 9.55 Å². The molecule has 1 unspecified atom stereocenters. The van der Waals surface area contributed by atoms with Crippen molar-refractivity contribution >= 4 is 38.6 Å². The molecule has 1 heterocycles. The molecule has 0 N–H and O–H groups in total. The number of hydrogen-bond donors (Lipinski definition) is 0. The molecule has 0 radical (unpaired) electrons. The minimum atomic E-state index is -0.123. The fourth-order valence-electron chi connectivity index (χ4n) is 2.46. The Bertz CT molecular complexity index is 775. The maximum Gasteiger partial charge on any atom is 0.128 e. The van der Waals surface area contributed by atoms with Crippen LogP contribution in [0, 0.1) is 6.92 Å². The summed E-state index contributed by atoms with van der Waals surface area (Å²) in [5, 5.41) is -0.123. The minimum Gasteiger partial charge on any atom is -0.322 e. The highest BCUT2D eigenvalue weighted by atomic mass is 79.9. The summed E-state index contributed by atoms with van der Waals surface area (Å²) >= 11 is 9.85. The SMILES string of the molecule is Cc1ccc(Cn2c(C(C)Cl)nc3ccc(Br)cc32)cc1. The van der Waals surface area contributed by atoms with Gasteiger partial charge in [0.15, 0.2) is 0 Å². The van der Waals surface area contributed by atoms with Crippen molar-refractivity contribution in [1.82, 2.24) is 9.55 Å². The molecule has 21 heavy (non-hydrogen) atoms. The van der Waals surface area contributed by atoms with Gasteiger partial charge in [-0.2, -0.15) is 0 Å². The molecule has 0 aliphatic carbocycles. The van der Waals surface area contributed by atoms with Crippen LogP contribution in [0.1, 0.15) is 29.3 Å². The summed E-state index contributed by atoms with van der Waals surface area (Å²) in [7, 11) is 0. The number of rotatable bonds is 3. The van der Waals surface area contributed by atoms with E-state index >= 15 is 0 Å². The number of benzene rings is 2. The normalized spacial score (nSPS) is 12.8. The first-order valence-electron chi connectivity index (χ1n) is 6.90. The van der Waals surface area contributed by atoms with Gasteiger partial charge in [0.05, 0.1) is 16.4 Å². The summed E-state index contributed by atoms with van der Waals surface area (Å²) in [5.74, 6) is 0.908. The van der Waals surface area contributed by atoms with Crippen LogP contribution < -0.4 is 0 Å². The van der Waals surface area contributed by atoms with Gasteiger partial charge in [-0.05, 0) is 37.6 Å². The van der Waals surface area contributed by atoms with E-state index in [4.69, 9.17) is 11.6 Å². The van der Waals surface area contributed by atoms with Crippen LogP contribution in [0.4, 0.5) is 0 Å². The predicted octanol–water partition coefficient (Wildman–Crippen LogP) is 5.46. The molecule has 0 saturated heterocycles. The van der Waals surface area contributed by atoms with Gasteiger partial charge >= 0.3 is 0 Å². The molecular weight excluding hydrogens is 348 g/mol. The van der Waals surface area contributed by atoms with Gasteiger partial charge in [0.1, 0.15) is 5.82 Å². The lowest BCUT2D eigenvalue weighted by atomic mass is 10.1. The summed E-state index contributed by atoms with van der Waals surface area (Å²) in [6.45, 7) is 4.84. The lowest BCUT2D eigenvalue weighted by Crippen LogP contribution is -2.05. The number of aromatic nitrogens is 2. The maximum absolute atomic E-state index is 6.32. The van der Waals surface area contributed by atoms with Crippen molar-refractivity contribution in [3.05, 3.63) is 63.9 Å². The summed E-state index contributed by atoms with van der Waals surface area (Å²) in [4.78, 5) is 4.68. The van der Waals surface area contributed by atoms with Crippen LogP contribution in [0.25, 0.3) is 11.0 Å². The Balaban J connectivity index is 2.12. The van der Waals surface area contributed by atoms with Crippen LogP contribution in [0.5, 0.6) is 0 Å². The number of aryl methyl sites for hydroxylation is 1. The topological polar surface area (TPSA) is 17.8 Å². The first-order valence-corrected chi connectivity index (χ1v) is 8.13. The van der Waals surface area contributed by atoms with Gasteiger partial charge in [0, 0.05) is 11.0 Å². The van der Waals surface area contributed by atoms with E-state index in [1.165, 1.54) is 11.1 Å². The van der Waals surface area contributed by atoms with E-state index in [1.807, 2.05) is 19.1 Å². The second-order valence-electron chi connectivity index (χ2n) is 5.29. The highest BCUT2D eigenvalue weighted by Gasteiger charge is 2.15. The van der Waals surface area contributed by atoms with E-state index in [0.29, 0.717) is 0 Å². The van der Waals surface area contributed by atoms with Gasteiger partial charge < -0.3 is 4.57 Å². The Hall–Kier alpha value is -1.32. The average Bonchev–Trinajstić information content (AvgIpc) is 2.80. The van der Waals surface area contributed by atoms with Crippen LogP contribution in [0.3, 0.4) is 0 Å². The van der Waals surface area contributed by atoms with Crippen LogP contribution in [0.2, 0.25) is 0 Å². The van der Waals surface area contributed by atoms with E-state index in [-0.39, 0.29) is 5.38 Å². The van der Waals surface area contributed by atoms with Gasteiger partial charge in [-0.3, -0.25) is 0 Å². The van der Waals surface area contributed by atoms with E-state index in [9.17, 15) is 0 Å². The van der Waals surface area contributed by atoms with Crippen molar-refractivity contribution in [2.45, 2.75) is 25.8 Å². The third-order valence-corrected chi connectivity index (χ3v) is 4.25. The van der Waals surface area contributed by atoms with Gasteiger partial charge in [-0.15, -0.1) is 11.6 Å². The number of alkyl halides is 1. The molecule has 3 aromatic rings. The molecule has 2 nitrogen and oxygen atoms in total. The zero-order valence-corrected chi connectivity index (χ0v) is 14.3. The monoisotopic (exact) mass is 362 g/mol.